The summed E-state index contributed by atoms with van der Waals surface area (Å²) < 4.78 is 18.6. The number of carbonyl (C=O) groups excluding carboxylic acids is 1. The molecular formula is C13H15ClFNO2. The summed E-state index contributed by atoms with van der Waals surface area (Å²) in [6.45, 7) is 0.350. The van der Waals surface area contributed by atoms with Gasteiger partial charge in [-0.05, 0) is 30.9 Å². The van der Waals surface area contributed by atoms with E-state index in [1.165, 1.54) is 19.2 Å². The summed E-state index contributed by atoms with van der Waals surface area (Å²) in [4.78, 5) is 11.9. The molecule has 0 saturated heterocycles. The molecule has 1 aromatic carbocycles. The maximum atomic E-state index is 13.6. The van der Waals surface area contributed by atoms with E-state index >= 15 is 0 Å². The van der Waals surface area contributed by atoms with Crippen molar-refractivity contribution < 1.29 is 13.9 Å². The molecule has 1 fully saturated rings. The molecule has 0 bridgehead atoms. The number of benzene rings is 1. The van der Waals surface area contributed by atoms with Gasteiger partial charge in [-0.1, -0.05) is 6.07 Å². The highest BCUT2D eigenvalue weighted by Gasteiger charge is 2.30. The zero-order valence-electron chi connectivity index (χ0n) is 10.1. The SMILES string of the molecule is COc1cccc(F)c1C(=O)NCC(Cl)C1CC1. The predicted molar refractivity (Wildman–Crippen MR) is 67.7 cm³/mol. The van der Waals surface area contributed by atoms with Gasteiger partial charge in [0.05, 0.1) is 12.5 Å². The van der Waals surface area contributed by atoms with E-state index < -0.39 is 11.7 Å². The van der Waals surface area contributed by atoms with Gasteiger partial charge >= 0.3 is 0 Å². The lowest BCUT2D eigenvalue weighted by Crippen LogP contribution is -2.31. The van der Waals surface area contributed by atoms with Crippen molar-refractivity contribution in [2.45, 2.75) is 18.2 Å². The van der Waals surface area contributed by atoms with Crippen molar-refractivity contribution in [3.8, 4) is 5.75 Å². The Morgan fingerprint density at radius 3 is 2.94 bits per heavy atom. The van der Waals surface area contributed by atoms with Crippen LogP contribution in [0.3, 0.4) is 0 Å². The van der Waals surface area contributed by atoms with Crippen LogP contribution >= 0.6 is 11.6 Å². The van der Waals surface area contributed by atoms with Crippen LogP contribution in [0.25, 0.3) is 0 Å². The number of hydrogen-bond donors (Lipinski definition) is 1. The molecule has 1 saturated carbocycles. The Morgan fingerprint density at radius 2 is 2.33 bits per heavy atom. The summed E-state index contributed by atoms with van der Waals surface area (Å²) >= 11 is 6.08. The second-order valence-electron chi connectivity index (χ2n) is 4.38. The molecule has 1 atom stereocenters. The molecule has 1 aliphatic carbocycles. The van der Waals surface area contributed by atoms with E-state index in [0.717, 1.165) is 12.8 Å². The molecule has 0 aliphatic heterocycles. The number of nitrogens with one attached hydrogen (secondary N) is 1. The van der Waals surface area contributed by atoms with Gasteiger partial charge in [-0.3, -0.25) is 4.79 Å². The smallest absolute Gasteiger partial charge is 0.258 e. The van der Waals surface area contributed by atoms with Crippen LogP contribution in [0, 0.1) is 11.7 Å². The zero-order chi connectivity index (χ0) is 13.1. The molecule has 18 heavy (non-hydrogen) atoms. The van der Waals surface area contributed by atoms with Crippen LogP contribution in [0.5, 0.6) is 5.75 Å². The van der Waals surface area contributed by atoms with Gasteiger partial charge in [0.2, 0.25) is 0 Å². The second-order valence-corrected chi connectivity index (χ2v) is 4.94. The molecule has 2 rings (SSSR count). The Bertz CT molecular complexity index is 449. The fourth-order valence-electron chi connectivity index (χ4n) is 1.80. The van der Waals surface area contributed by atoms with Gasteiger partial charge in [0.15, 0.2) is 0 Å². The zero-order valence-corrected chi connectivity index (χ0v) is 10.8. The van der Waals surface area contributed by atoms with Crippen molar-refractivity contribution >= 4 is 17.5 Å². The molecule has 0 spiro atoms. The van der Waals surface area contributed by atoms with Gasteiger partial charge in [0.25, 0.3) is 5.91 Å². The first-order chi connectivity index (χ1) is 8.63. The van der Waals surface area contributed by atoms with Gasteiger partial charge in [0, 0.05) is 6.54 Å². The summed E-state index contributed by atoms with van der Waals surface area (Å²) in [6, 6.07) is 4.28. The third-order valence-corrected chi connectivity index (χ3v) is 3.52. The van der Waals surface area contributed by atoms with Crippen LogP contribution in [0.2, 0.25) is 0 Å². The minimum Gasteiger partial charge on any atom is -0.496 e. The predicted octanol–water partition coefficient (Wildman–Crippen LogP) is 2.58. The van der Waals surface area contributed by atoms with Crippen LogP contribution in [-0.4, -0.2) is 24.9 Å². The van der Waals surface area contributed by atoms with E-state index in [9.17, 15) is 9.18 Å². The summed E-state index contributed by atoms with van der Waals surface area (Å²) in [5.74, 6) is -0.375. The minimum atomic E-state index is -0.593. The molecule has 98 valence electrons. The van der Waals surface area contributed by atoms with Gasteiger partial charge < -0.3 is 10.1 Å². The molecule has 1 N–H and O–H groups in total. The number of ether oxygens (including phenoxy) is 1. The van der Waals surface area contributed by atoms with Gasteiger partial charge in [-0.15, -0.1) is 11.6 Å². The van der Waals surface area contributed by atoms with Crippen LogP contribution in [0.4, 0.5) is 4.39 Å². The first-order valence-corrected chi connectivity index (χ1v) is 6.32. The van der Waals surface area contributed by atoms with E-state index in [1.807, 2.05) is 0 Å². The van der Waals surface area contributed by atoms with Crippen LogP contribution in [0.15, 0.2) is 18.2 Å². The normalized spacial score (nSPS) is 16.2. The summed E-state index contributed by atoms with van der Waals surface area (Å²) in [5.41, 5.74) is -0.0698. The number of alkyl halides is 1. The molecule has 0 radical (unpaired) electrons. The highest BCUT2D eigenvalue weighted by Crippen LogP contribution is 2.35. The van der Waals surface area contributed by atoms with Crippen LogP contribution in [0.1, 0.15) is 23.2 Å². The minimum absolute atomic E-state index is 0.0698. The van der Waals surface area contributed by atoms with E-state index in [-0.39, 0.29) is 16.7 Å². The fraction of sp³-hybridized carbons (Fsp3) is 0.462. The van der Waals surface area contributed by atoms with Crippen molar-refractivity contribution in [2.75, 3.05) is 13.7 Å². The summed E-state index contributed by atoms with van der Waals surface area (Å²) in [5, 5.41) is 2.57. The maximum Gasteiger partial charge on any atom is 0.258 e. The van der Waals surface area contributed by atoms with E-state index in [2.05, 4.69) is 5.32 Å². The van der Waals surface area contributed by atoms with Crippen molar-refractivity contribution in [3.63, 3.8) is 0 Å². The molecule has 1 aliphatic rings. The monoisotopic (exact) mass is 271 g/mol. The topological polar surface area (TPSA) is 38.3 Å². The number of methoxy groups -OCH3 is 1. The number of rotatable bonds is 5. The summed E-state index contributed by atoms with van der Waals surface area (Å²) in [6.07, 6.45) is 2.21. The van der Waals surface area contributed by atoms with Crippen molar-refractivity contribution in [3.05, 3.63) is 29.6 Å². The average molecular weight is 272 g/mol. The molecule has 0 aromatic heterocycles. The highest BCUT2D eigenvalue weighted by molar-refractivity contribution is 6.21. The largest absolute Gasteiger partial charge is 0.496 e. The number of amides is 1. The molecule has 1 unspecified atom stereocenters. The van der Waals surface area contributed by atoms with Gasteiger partial charge in [-0.2, -0.15) is 0 Å². The first-order valence-electron chi connectivity index (χ1n) is 5.88. The molecule has 1 amide bonds. The Kier molecular flexibility index (Phi) is 4.07. The Labute approximate surface area is 110 Å². The van der Waals surface area contributed by atoms with E-state index in [1.54, 1.807) is 6.07 Å². The average Bonchev–Trinajstić information content (AvgIpc) is 3.19. The number of hydrogen-bond acceptors (Lipinski definition) is 2. The van der Waals surface area contributed by atoms with E-state index in [0.29, 0.717) is 12.5 Å². The molecule has 5 heteroatoms. The third-order valence-electron chi connectivity index (χ3n) is 3.01. The van der Waals surface area contributed by atoms with Gasteiger partial charge in [-0.25, -0.2) is 4.39 Å². The lowest BCUT2D eigenvalue weighted by atomic mass is 10.1. The van der Waals surface area contributed by atoms with Crippen LogP contribution in [-0.2, 0) is 0 Å². The number of halogens is 2. The second kappa shape index (κ2) is 5.57. The van der Waals surface area contributed by atoms with Crippen molar-refractivity contribution in [1.82, 2.24) is 5.32 Å². The maximum absolute atomic E-state index is 13.6. The first kappa shape index (κ1) is 13.1. The Morgan fingerprint density at radius 1 is 1.61 bits per heavy atom. The molecule has 0 heterocycles. The Hall–Kier alpha value is -1.29. The Balaban J connectivity index is 2.03. The van der Waals surface area contributed by atoms with E-state index in [4.69, 9.17) is 16.3 Å². The lowest BCUT2D eigenvalue weighted by molar-refractivity contribution is 0.0945. The quantitative estimate of drug-likeness (QED) is 0.836. The molecule has 1 aromatic rings. The standard InChI is InChI=1S/C13H15ClFNO2/c1-18-11-4-2-3-10(15)12(11)13(17)16-7-9(14)8-5-6-8/h2-4,8-9H,5-7H2,1H3,(H,16,17). The molecular weight excluding hydrogens is 257 g/mol. The van der Waals surface area contributed by atoms with Gasteiger partial charge in [0.1, 0.15) is 17.1 Å². The van der Waals surface area contributed by atoms with Crippen LogP contribution < -0.4 is 10.1 Å². The van der Waals surface area contributed by atoms with Crippen molar-refractivity contribution in [1.29, 1.82) is 0 Å². The number of carbonyl (C=O) groups is 1. The fourth-order valence-corrected chi connectivity index (χ4v) is 2.13. The summed E-state index contributed by atoms with van der Waals surface area (Å²) in [7, 11) is 1.40. The highest BCUT2D eigenvalue weighted by atomic mass is 35.5. The third kappa shape index (κ3) is 2.93. The lowest BCUT2D eigenvalue weighted by Gasteiger charge is -2.12. The van der Waals surface area contributed by atoms with Crippen molar-refractivity contribution in [2.24, 2.45) is 5.92 Å². The molecule has 3 nitrogen and oxygen atoms in total.